The molecule has 2 aromatic carbocycles. The van der Waals surface area contributed by atoms with Crippen molar-refractivity contribution in [1.29, 1.82) is 0 Å². The third-order valence-corrected chi connectivity index (χ3v) is 6.94. The highest BCUT2D eigenvalue weighted by Crippen LogP contribution is 2.34. The minimum atomic E-state index is -3.92. The summed E-state index contributed by atoms with van der Waals surface area (Å²) in [5, 5.41) is 2.85. The maximum Gasteiger partial charge on any atom is 0.244 e. The summed E-state index contributed by atoms with van der Waals surface area (Å²) in [5.41, 5.74) is 0.879. The summed E-state index contributed by atoms with van der Waals surface area (Å²) in [6.45, 7) is 3.65. The number of amides is 2. The molecule has 2 rings (SSSR count). The van der Waals surface area contributed by atoms with E-state index in [2.05, 4.69) is 5.32 Å². The van der Waals surface area contributed by atoms with Crippen molar-refractivity contribution in [3.63, 3.8) is 0 Å². The van der Waals surface area contributed by atoms with Gasteiger partial charge < -0.3 is 24.4 Å². The number of carbonyl (C=O) groups is 2. The summed E-state index contributed by atoms with van der Waals surface area (Å²) in [5.74, 6) is 0.368. The van der Waals surface area contributed by atoms with Crippen LogP contribution in [0.5, 0.6) is 17.2 Å². The first-order chi connectivity index (χ1) is 17.5. The second kappa shape index (κ2) is 13.7. The molecule has 0 aliphatic carbocycles. The van der Waals surface area contributed by atoms with Crippen LogP contribution in [0.3, 0.4) is 0 Å². The standard InChI is InChI=1S/C26H37N3O7S/c1-7-8-14-27-26(31)19(2)28(17-20-10-9-11-21(15-20)34-3)25(30)18-29(37(6,32)33)23-16-22(35-4)12-13-24(23)36-5/h9-13,15-16,19H,7-8,14,17-18H2,1-6H3,(H,27,31)/t19-/m0/s1. The fraction of sp³-hybridized carbons (Fsp3) is 0.462. The summed E-state index contributed by atoms with van der Waals surface area (Å²) < 4.78 is 42.5. The number of sulfonamides is 1. The molecular formula is C26H37N3O7S. The van der Waals surface area contributed by atoms with E-state index in [0.717, 1.165) is 29.0 Å². The van der Waals surface area contributed by atoms with E-state index in [0.29, 0.717) is 18.0 Å². The van der Waals surface area contributed by atoms with Crippen LogP contribution in [0.4, 0.5) is 5.69 Å². The van der Waals surface area contributed by atoms with Crippen LogP contribution in [0.25, 0.3) is 0 Å². The zero-order valence-corrected chi connectivity index (χ0v) is 23.1. The van der Waals surface area contributed by atoms with Gasteiger partial charge in [-0.3, -0.25) is 13.9 Å². The fourth-order valence-electron chi connectivity index (χ4n) is 3.67. The van der Waals surface area contributed by atoms with Gasteiger partial charge in [-0.25, -0.2) is 8.42 Å². The third-order valence-electron chi connectivity index (χ3n) is 5.82. The minimum absolute atomic E-state index is 0.0746. The average Bonchev–Trinajstić information content (AvgIpc) is 2.88. The number of nitrogens with one attached hydrogen (secondary N) is 1. The topological polar surface area (TPSA) is 114 Å². The Hall–Kier alpha value is -3.47. The molecule has 2 aromatic rings. The SMILES string of the molecule is CCCCNC(=O)[C@H](C)N(Cc1cccc(OC)c1)C(=O)CN(c1cc(OC)ccc1OC)S(C)(=O)=O. The number of hydrogen-bond donors (Lipinski definition) is 1. The summed E-state index contributed by atoms with van der Waals surface area (Å²) >= 11 is 0. The van der Waals surface area contributed by atoms with Gasteiger partial charge in [-0.2, -0.15) is 0 Å². The molecule has 0 heterocycles. The molecule has 1 atom stereocenters. The van der Waals surface area contributed by atoms with Gasteiger partial charge in [0.1, 0.15) is 29.8 Å². The van der Waals surface area contributed by atoms with Crippen LogP contribution in [0.15, 0.2) is 42.5 Å². The quantitative estimate of drug-likeness (QED) is 0.370. The van der Waals surface area contributed by atoms with Crippen molar-refractivity contribution in [2.45, 2.75) is 39.3 Å². The number of methoxy groups -OCH3 is 3. The molecule has 204 valence electrons. The molecule has 0 unspecified atom stereocenters. The molecule has 0 aliphatic rings. The van der Waals surface area contributed by atoms with E-state index in [1.807, 2.05) is 13.0 Å². The number of unbranched alkanes of at least 4 members (excludes halogenated alkanes) is 1. The van der Waals surface area contributed by atoms with Gasteiger partial charge in [-0.1, -0.05) is 25.5 Å². The lowest BCUT2D eigenvalue weighted by Crippen LogP contribution is -2.51. The smallest absolute Gasteiger partial charge is 0.244 e. The highest BCUT2D eigenvalue weighted by Gasteiger charge is 2.31. The lowest BCUT2D eigenvalue weighted by molar-refractivity contribution is -0.139. The number of rotatable bonds is 14. The Morgan fingerprint density at radius 2 is 1.68 bits per heavy atom. The molecule has 0 spiro atoms. The molecule has 0 saturated carbocycles. The Balaban J connectivity index is 2.46. The first-order valence-corrected chi connectivity index (χ1v) is 13.8. The highest BCUT2D eigenvalue weighted by atomic mass is 32.2. The summed E-state index contributed by atoms with van der Waals surface area (Å²) in [4.78, 5) is 28.0. The average molecular weight is 536 g/mol. The maximum absolute atomic E-state index is 13.7. The van der Waals surface area contributed by atoms with Gasteiger partial charge in [-0.05, 0) is 43.2 Å². The lowest BCUT2D eigenvalue weighted by atomic mass is 10.1. The molecule has 0 bridgehead atoms. The Kier molecular flexibility index (Phi) is 11.0. The van der Waals surface area contributed by atoms with Crippen LogP contribution in [0, 0.1) is 0 Å². The van der Waals surface area contributed by atoms with Crippen molar-refractivity contribution >= 4 is 27.5 Å². The molecule has 37 heavy (non-hydrogen) atoms. The molecule has 0 aromatic heterocycles. The number of ether oxygens (including phenoxy) is 3. The predicted octanol–water partition coefficient (Wildman–Crippen LogP) is 2.81. The van der Waals surface area contributed by atoms with E-state index in [9.17, 15) is 18.0 Å². The van der Waals surface area contributed by atoms with Crippen molar-refractivity contribution in [3.05, 3.63) is 48.0 Å². The van der Waals surface area contributed by atoms with Gasteiger partial charge in [0.15, 0.2) is 0 Å². The van der Waals surface area contributed by atoms with Crippen molar-refractivity contribution in [2.75, 3.05) is 45.0 Å². The monoisotopic (exact) mass is 535 g/mol. The van der Waals surface area contributed by atoms with Gasteiger partial charge in [-0.15, -0.1) is 0 Å². The molecule has 10 nitrogen and oxygen atoms in total. The van der Waals surface area contributed by atoms with E-state index in [1.54, 1.807) is 37.3 Å². The van der Waals surface area contributed by atoms with Gasteiger partial charge >= 0.3 is 0 Å². The summed E-state index contributed by atoms with van der Waals surface area (Å²) in [6.07, 6.45) is 2.72. The Bertz CT molecular complexity index is 1170. The Morgan fingerprint density at radius 1 is 1.00 bits per heavy atom. The maximum atomic E-state index is 13.7. The van der Waals surface area contributed by atoms with Crippen LogP contribution in [0.2, 0.25) is 0 Å². The third kappa shape index (κ3) is 8.28. The van der Waals surface area contributed by atoms with Gasteiger partial charge in [0.2, 0.25) is 21.8 Å². The van der Waals surface area contributed by atoms with E-state index in [4.69, 9.17) is 14.2 Å². The molecular weight excluding hydrogens is 498 g/mol. The zero-order valence-electron chi connectivity index (χ0n) is 22.3. The van der Waals surface area contributed by atoms with Gasteiger partial charge in [0.05, 0.1) is 33.3 Å². The molecule has 1 N–H and O–H groups in total. The van der Waals surface area contributed by atoms with E-state index in [-0.39, 0.29) is 23.9 Å². The van der Waals surface area contributed by atoms with Gasteiger partial charge in [0, 0.05) is 19.2 Å². The molecule has 0 fully saturated rings. The predicted molar refractivity (Wildman–Crippen MR) is 143 cm³/mol. The van der Waals surface area contributed by atoms with Crippen molar-refractivity contribution in [3.8, 4) is 17.2 Å². The first kappa shape index (κ1) is 29.8. The summed E-state index contributed by atoms with van der Waals surface area (Å²) in [6, 6.07) is 11.0. The molecule has 2 amide bonds. The van der Waals surface area contributed by atoms with E-state index in [1.165, 1.54) is 32.3 Å². The molecule has 0 aliphatic heterocycles. The highest BCUT2D eigenvalue weighted by molar-refractivity contribution is 7.92. The molecule has 0 radical (unpaired) electrons. The minimum Gasteiger partial charge on any atom is -0.497 e. The number of anilines is 1. The largest absolute Gasteiger partial charge is 0.497 e. The number of benzene rings is 2. The van der Waals surface area contributed by atoms with Crippen LogP contribution >= 0.6 is 0 Å². The summed E-state index contributed by atoms with van der Waals surface area (Å²) in [7, 11) is 0.480. The molecule has 11 heteroatoms. The van der Waals surface area contributed by atoms with Crippen molar-refractivity contribution < 1.29 is 32.2 Å². The van der Waals surface area contributed by atoms with E-state index < -0.39 is 28.5 Å². The second-order valence-electron chi connectivity index (χ2n) is 8.50. The lowest BCUT2D eigenvalue weighted by Gasteiger charge is -2.32. The van der Waals surface area contributed by atoms with Crippen LogP contribution in [0.1, 0.15) is 32.3 Å². The molecule has 0 saturated heterocycles. The Morgan fingerprint density at radius 3 is 2.27 bits per heavy atom. The number of hydrogen-bond acceptors (Lipinski definition) is 7. The van der Waals surface area contributed by atoms with Crippen LogP contribution < -0.4 is 23.8 Å². The Labute approximate surface area is 219 Å². The second-order valence-corrected chi connectivity index (χ2v) is 10.4. The van der Waals surface area contributed by atoms with Crippen molar-refractivity contribution in [2.24, 2.45) is 0 Å². The fourth-order valence-corrected chi connectivity index (χ4v) is 4.52. The first-order valence-electron chi connectivity index (χ1n) is 12.0. The normalized spacial score (nSPS) is 11.8. The number of nitrogens with zero attached hydrogens (tertiary/aromatic N) is 2. The zero-order chi connectivity index (χ0) is 27.6. The van der Waals surface area contributed by atoms with Crippen LogP contribution in [-0.2, 0) is 26.2 Å². The van der Waals surface area contributed by atoms with Crippen molar-refractivity contribution in [1.82, 2.24) is 10.2 Å². The van der Waals surface area contributed by atoms with E-state index >= 15 is 0 Å². The number of carbonyl (C=O) groups excluding carboxylic acids is 2. The van der Waals surface area contributed by atoms with Gasteiger partial charge in [0.25, 0.3) is 0 Å². The van der Waals surface area contributed by atoms with Crippen LogP contribution in [-0.4, -0.2) is 71.8 Å².